The third kappa shape index (κ3) is 1.37. The van der Waals surface area contributed by atoms with E-state index in [4.69, 9.17) is 0 Å². The van der Waals surface area contributed by atoms with E-state index in [2.05, 4.69) is 67.4 Å². The summed E-state index contributed by atoms with van der Waals surface area (Å²) in [5.74, 6) is 0. The van der Waals surface area contributed by atoms with Gasteiger partial charge in [0, 0.05) is 25.1 Å². The highest BCUT2D eigenvalue weighted by Gasteiger charge is 2.20. The summed E-state index contributed by atoms with van der Waals surface area (Å²) < 4.78 is 0. The van der Waals surface area contributed by atoms with Crippen molar-refractivity contribution in [2.24, 2.45) is 0 Å². The van der Waals surface area contributed by atoms with Crippen LogP contribution in [0.25, 0.3) is 0 Å². The van der Waals surface area contributed by atoms with Crippen LogP contribution in [0, 0.1) is 6.92 Å². The number of benzene rings is 1. The van der Waals surface area contributed by atoms with Gasteiger partial charge in [-0.15, -0.1) is 0 Å². The van der Waals surface area contributed by atoms with Crippen molar-refractivity contribution in [1.29, 1.82) is 0 Å². The van der Waals surface area contributed by atoms with Crippen LogP contribution in [0.5, 0.6) is 0 Å². The van der Waals surface area contributed by atoms with Crippen molar-refractivity contribution < 1.29 is 0 Å². The number of anilines is 1. The molecular weight excluding hydrogens is 172 g/mol. The quantitative estimate of drug-likeness (QED) is 0.668. The van der Waals surface area contributed by atoms with Crippen molar-refractivity contribution in [2.75, 3.05) is 11.9 Å². The predicted octanol–water partition coefficient (Wildman–Crippen LogP) is 2.56. The van der Waals surface area contributed by atoms with E-state index in [1.54, 1.807) is 0 Å². The third-order valence-corrected chi connectivity index (χ3v) is 2.85. The Morgan fingerprint density at radius 2 is 1.86 bits per heavy atom. The summed E-state index contributed by atoms with van der Waals surface area (Å²) in [6, 6.07) is 8.47. The van der Waals surface area contributed by atoms with Crippen LogP contribution in [0.1, 0.15) is 12.5 Å². The topological polar surface area (TPSA) is 6.48 Å². The smallest absolute Gasteiger partial charge is 0.102 e. The zero-order valence-corrected chi connectivity index (χ0v) is 8.94. The molecule has 1 aliphatic rings. The Kier molecular flexibility index (Phi) is 2.20. The predicted molar refractivity (Wildman–Crippen MR) is 60.0 cm³/mol. The number of hydrogen-bond acceptors (Lipinski definition) is 2. The molecule has 2 heteroatoms. The number of para-hydroxylation sites is 1. The first-order valence-corrected chi connectivity index (χ1v) is 4.94. The Hall–Kier alpha value is -1.44. The number of nitrogens with zero attached hydrogens (tertiary/aromatic N) is 2. The molecule has 0 N–H and O–H groups in total. The molecule has 1 heterocycles. The Morgan fingerprint density at radius 3 is 2.43 bits per heavy atom. The minimum atomic E-state index is 0.413. The molecule has 2 nitrogen and oxygen atoms in total. The van der Waals surface area contributed by atoms with Crippen LogP contribution >= 0.6 is 0 Å². The monoisotopic (exact) mass is 188 g/mol. The largest absolute Gasteiger partial charge is 0.359 e. The number of hydrogen-bond donors (Lipinski definition) is 0. The first kappa shape index (κ1) is 9.13. The minimum absolute atomic E-state index is 0.413. The molecule has 74 valence electrons. The molecule has 0 radical (unpaired) electrons. The van der Waals surface area contributed by atoms with Gasteiger partial charge in [-0.25, -0.2) is 0 Å². The summed E-state index contributed by atoms with van der Waals surface area (Å²) >= 11 is 0. The molecule has 0 aromatic heterocycles. The standard InChI is InChI=1S/C12H16N2/c1-10-6-4-5-7-12(10)14-9-8-13(3)11(14)2/h4-9,11H,1-3H3. The molecule has 0 spiro atoms. The molecule has 2 rings (SSSR count). The maximum Gasteiger partial charge on any atom is 0.102 e. The molecule has 0 aliphatic carbocycles. The van der Waals surface area contributed by atoms with Gasteiger partial charge in [-0.2, -0.15) is 0 Å². The lowest BCUT2D eigenvalue weighted by atomic mass is 10.2. The van der Waals surface area contributed by atoms with Gasteiger partial charge >= 0.3 is 0 Å². The van der Waals surface area contributed by atoms with E-state index >= 15 is 0 Å². The van der Waals surface area contributed by atoms with Gasteiger partial charge in [-0.1, -0.05) is 18.2 Å². The zero-order valence-electron chi connectivity index (χ0n) is 8.94. The van der Waals surface area contributed by atoms with Crippen molar-refractivity contribution in [3.8, 4) is 0 Å². The molecule has 0 fully saturated rings. The van der Waals surface area contributed by atoms with E-state index in [1.165, 1.54) is 11.3 Å². The highest BCUT2D eigenvalue weighted by Crippen LogP contribution is 2.26. The van der Waals surface area contributed by atoms with E-state index in [0.717, 1.165) is 0 Å². The molecule has 1 aliphatic heterocycles. The molecule has 1 aromatic rings. The number of aryl methyl sites for hydroxylation is 1. The molecule has 1 aromatic carbocycles. The lowest BCUT2D eigenvalue weighted by Crippen LogP contribution is -2.33. The van der Waals surface area contributed by atoms with Gasteiger partial charge in [0.15, 0.2) is 0 Å². The summed E-state index contributed by atoms with van der Waals surface area (Å²) in [5.41, 5.74) is 2.61. The average molecular weight is 188 g/mol. The Bertz CT molecular complexity index is 357. The first-order valence-electron chi connectivity index (χ1n) is 4.94. The first-order chi connectivity index (χ1) is 6.70. The van der Waals surface area contributed by atoms with Crippen molar-refractivity contribution >= 4 is 5.69 Å². The summed E-state index contributed by atoms with van der Waals surface area (Å²) in [4.78, 5) is 4.49. The van der Waals surface area contributed by atoms with Crippen LogP contribution < -0.4 is 4.90 Å². The van der Waals surface area contributed by atoms with Crippen LogP contribution in [0.3, 0.4) is 0 Å². The van der Waals surface area contributed by atoms with Gasteiger partial charge in [0.2, 0.25) is 0 Å². The molecule has 0 bridgehead atoms. The lowest BCUT2D eigenvalue weighted by molar-refractivity contribution is 0.383. The molecule has 0 saturated carbocycles. The second-order valence-corrected chi connectivity index (χ2v) is 3.79. The highest BCUT2D eigenvalue weighted by molar-refractivity contribution is 5.56. The maximum absolute atomic E-state index is 2.29. The third-order valence-electron chi connectivity index (χ3n) is 2.85. The fraction of sp³-hybridized carbons (Fsp3) is 0.333. The van der Waals surface area contributed by atoms with Crippen molar-refractivity contribution in [3.05, 3.63) is 42.2 Å². The van der Waals surface area contributed by atoms with Crippen molar-refractivity contribution in [1.82, 2.24) is 4.90 Å². The van der Waals surface area contributed by atoms with Crippen molar-refractivity contribution in [3.63, 3.8) is 0 Å². The lowest BCUT2D eigenvalue weighted by Gasteiger charge is -2.28. The molecule has 0 saturated heterocycles. The van der Waals surface area contributed by atoms with Gasteiger partial charge in [-0.05, 0) is 25.5 Å². The van der Waals surface area contributed by atoms with Gasteiger partial charge in [0.05, 0.1) is 0 Å². The fourth-order valence-electron chi connectivity index (χ4n) is 1.76. The molecule has 0 amide bonds. The fourth-order valence-corrected chi connectivity index (χ4v) is 1.76. The summed E-state index contributed by atoms with van der Waals surface area (Å²) in [7, 11) is 2.10. The van der Waals surface area contributed by atoms with E-state index in [0.29, 0.717) is 6.17 Å². The van der Waals surface area contributed by atoms with Crippen LogP contribution in [0.2, 0.25) is 0 Å². The van der Waals surface area contributed by atoms with Gasteiger partial charge < -0.3 is 9.80 Å². The average Bonchev–Trinajstić information content (AvgIpc) is 2.49. The van der Waals surface area contributed by atoms with E-state index in [1.807, 2.05) is 0 Å². The molecule has 14 heavy (non-hydrogen) atoms. The van der Waals surface area contributed by atoms with Crippen LogP contribution in [0.15, 0.2) is 36.7 Å². The van der Waals surface area contributed by atoms with Gasteiger partial charge in [0.25, 0.3) is 0 Å². The maximum atomic E-state index is 2.29. The molecular formula is C12H16N2. The van der Waals surface area contributed by atoms with Gasteiger partial charge in [0.1, 0.15) is 6.17 Å². The Labute approximate surface area is 85.4 Å². The van der Waals surface area contributed by atoms with E-state index in [9.17, 15) is 0 Å². The minimum Gasteiger partial charge on any atom is -0.359 e. The zero-order chi connectivity index (χ0) is 10.1. The van der Waals surface area contributed by atoms with Crippen LogP contribution in [-0.2, 0) is 0 Å². The summed E-state index contributed by atoms with van der Waals surface area (Å²) in [5, 5.41) is 0. The Balaban J connectivity index is 2.33. The second kappa shape index (κ2) is 3.37. The van der Waals surface area contributed by atoms with Gasteiger partial charge in [-0.3, -0.25) is 0 Å². The summed E-state index contributed by atoms with van der Waals surface area (Å²) in [6.45, 7) is 4.35. The Morgan fingerprint density at radius 1 is 1.14 bits per heavy atom. The van der Waals surface area contributed by atoms with Crippen LogP contribution in [0.4, 0.5) is 5.69 Å². The van der Waals surface area contributed by atoms with E-state index in [-0.39, 0.29) is 0 Å². The van der Waals surface area contributed by atoms with Crippen LogP contribution in [-0.4, -0.2) is 18.1 Å². The molecule has 1 unspecified atom stereocenters. The molecule has 1 atom stereocenters. The van der Waals surface area contributed by atoms with Crippen molar-refractivity contribution in [2.45, 2.75) is 20.0 Å². The normalized spacial score (nSPS) is 20.6. The summed E-state index contributed by atoms with van der Waals surface area (Å²) in [6.07, 6.45) is 4.65. The SMILES string of the molecule is Cc1ccccc1N1C=CN(C)C1C. The number of rotatable bonds is 1. The highest BCUT2D eigenvalue weighted by atomic mass is 15.4. The van der Waals surface area contributed by atoms with E-state index < -0.39 is 0 Å². The second-order valence-electron chi connectivity index (χ2n) is 3.79.